The molecule has 116 valence electrons. The molecule has 3 aliphatic rings. The molecule has 0 bridgehead atoms. The van der Waals surface area contributed by atoms with E-state index in [-0.39, 0.29) is 29.6 Å². The zero-order valence-electron chi connectivity index (χ0n) is 13.0. The number of hydrogen-bond donors (Lipinski definition) is 1. The van der Waals surface area contributed by atoms with E-state index in [1.165, 1.54) is 0 Å². The lowest BCUT2D eigenvalue weighted by Gasteiger charge is -2.37. The average Bonchev–Trinajstić information content (AvgIpc) is 3.11. The van der Waals surface area contributed by atoms with Crippen molar-refractivity contribution in [3.63, 3.8) is 0 Å². The summed E-state index contributed by atoms with van der Waals surface area (Å²) in [4.78, 5) is 24.8. The fourth-order valence-corrected chi connectivity index (χ4v) is 4.50. The predicted molar refractivity (Wildman–Crippen MR) is 81.7 cm³/mol. The van der Waals surface area contributed by atoms with Crippen LogP contribution in [0, 0.1) is 17.8 Å². The maximum atomic E-state index is 12.5. The fourth-order valence-electron chi connectivity index (χ4n) is 4.50. The van der Waals surface area contributed by atoms with Crippen molar-refractivity contribution in [1.29, 1.82) is 0 Å². The van der Waals surface area contributed by atoms with Crippen molar-refractivity contribution in [1.82, 2.24) is 5.32 Å². The summed E-state index contributed by atoms with van der Waals surface area (Å²) >= 11 is 0. The normalized spacial score (nSPS) is 35.0. The summed E-state index contributed by atoms with van der Waals surface area (Å²) in [5.74, 6) is 1.57. The van der Waals surface area contributed by atoms with Crippen LogP contribution in [0.25, 0.3) is 0 Å². The second kappa shape index (κ2) is 4.58. The molecule has 4 heteroatoms. The molecule has 4 nitrogen and oxygen atoms in total. The van der Waals surface area contributed by atoms with Gasteiger partial charge in [0.1, 0.15) is 11.4 Å². The van der Waals surface area contributed by atoms with Gasteiger partial charge < -0.3 is 10.1 Å². The second-order valence-electron chi connectivity index (χ2n) is 7.18. The van der Waals surface area contributed by atoms with E-state index in [4.69, 9.17) is 4.74 Å². The number of carbonyl (C=O) groups excluding carboxylic acids is 2. The number of rotatable bonds is 2. The Morgan fingerprint density at radius 2 is 2.14 bits per heavy atom. The summed E-state index contributed by atoms with van der Waals surface area (Å²) in [5.41, 5.74) is 0.232. The minimum absolute atomic E-state index is 0.0224. The zero-order valence-corrected chi connectivity index (χ0v) is 13.0. The van der Waals surface area contributed by atoms with Gasteiger partial charge in [-0.1, -0.05) is 12.1 Å². The molecule has 2 saturated carbocycles. The standard InChI is InChI=1S/C18H21NO3/c1-10(2)19-17(21)15-12-7-8-18(16(12)15)9-13(20)11-5-3-4-6-14(11)22-18/h3-6,10,12,15-16H,7-9H2,1-2H3,(H,19,21)/t12-,15+,16+,18+/m0/s1. The van der Waals surface area contributed by atoms with Crippen LogP contribution < -0.4 is 10.1 Å². The third kappa shape index (κ3) is 1.89. The molecule has 1 aromatic carbocycles. The first-order valence-corrected chi connectivity index (χ1v) is 8.13. The second-order valence-corrected chi connectivity index (χ2v) is 7.18. The van der Waals surface area contributed by atoms with Crippen molar-refractivity contribution in [2.45, 2.75) is 44.8 Å². The lowest BCUT2D eigenvalue weighted by atomic mass is 9.84. The van der Waals surface area contributed by atoms with E-state index < -0.39 is 5.60 Å². The van der Waals surface area contributed by atoms with Crippen molar-refractivity contribution in [2.24, 2.45) is 17.8 Å². The van der Waals surface area contributed by atoms with Crippen LogP contribution in [0.1, 0.15) is 43.5 Å². The highest BCUT2D eigenvalue weighted by molar-refractivity contribution is 6.00. The molecular weight excluding hydrogens is 278 g/mol. The van der Waals surface area contributed by atoms with Gasteiger partial charge in [-0.25, -0.2) is 0 Å². The van der Waals surface area contributed by atoms with E-state index in [0.29, 0.717) is 23.7 Å². The maximum absolute atomic E-state index is 12.5. The van der Waals surface area contributed by atoms with Crippen LogP contribution in [0.3, 0.4) is 0 Å². The Morgan fingerprint density at radius 1 is 1.36 bits per heavy atom. The molecule has 1 N–H and O–H groups in total. The van der Waals surface area contributed by atoms with E-state index in [2.05, 4.69) is 5.32 Å². The maximum Gasteiger partial charge on any atom is 0.224 e. The highest BCUT2D eigenvalue weighted by atomic mass is 16.5. The Labute approximate surface area is 130 Å². The van der Waals surface area contributed by atoms with Gasteiger partial charge in [-0.3, -0.25) is 9.59 Å². The number of fused-ring (bicyclic) bond motifs is 3. The minimum Gasteiger partial charge on any atom is -0.486 e. The summed E-state index contributed by atoms with van der Waals surface area (Å²) in [7, 11) is 0. The molecule has 1 amide bonds. The smallest absolute Gasteiger partial charge is 0.224 e. The molecule has 1 aliphatic heterocycles. The predicted octanol–water partition coefficient (Wildman–Crippen LogP) is 2.57. The molecule has 1 heterocycles. The van der Waals surface area contributed by atoms with Crippen LogP contribution in [0.4, 0.5) is 0 Å². The van der Waals surface area contributed by atoms with Gasteiger partial charge in [-0.05, 0) is 44.7 Å². The summed E-state index contributed by atoms with van der Waals surface area (Å²) in [6.45, 7) is 3.95. The Kier molecular flexibility index (Phi) is 2.87. The monoisotopic (exact) mass is 299 g/mol. The molecule has 0 radical (unpaired) electrons. The van der Waals surface area contributed by atoms with Gasteiger partial charge in [0.25, 0.3) is 0 Å². The molecule has 22 heavy (non-hydrogen) atoms. The number of Topliss-reactive ketones (excluding diaryl/α,β-unsaturated/α-hetero) is 1. The molecule has 4 atom stereocenters. The molecule has 0 aromatic heterocycles. The lowest BCUT2D eigenvalue weighted by Crippen LogP contribution is -2.45. The largest absolute Gasteiger partial charge is 0.486 e. The number of carbonyl (C=O) groups is 2. The van der Waals surface area contributed by atoms with Crippen LogP contribution in [0.2, 0.25) is 0 Å². The topological polar surface area (TPSA) is 55.4 Å². The number of amides is 1. The Bertz CT molecular complexity index is 653. The molecule has 4 rings (SSSR count). The van der Waals surface area contributed by atoms with Gasteiger partial charge in [0, 0.05) is 17.9 Å². The molecule has 2 fully saturated rings. The quantitative estimate of drug-likeness (QED) is 0.913. The van der Waals surface area contributed by atoms with Crippen molar-refractivity contribution >= 4 is 11.7 Å². The van der Waals surface area contributed by atoms with Gasteiger partial charge in [0.15, 0.2) is 5.78 Å². The summed E-state index contributed by atoms with van der Waals surface area (Å²) in [6.07, 6.45) is 2.28. The first-order valence-electron chi connectivity index (χ1n) is 8.13. The number of benzene rings is 1. The Hall–Kier alpha value is -1.84. The van der Waals surface area contributed by atoms with Crippen LogP contribution in [-0.4, -0.2) is 23.3 Å². The van der Waals surface area contributed by atoms with Crippen molar-refractivity contribution in [3.8, 4) is 5.75 Å². The minimum atomic E-state index is -0.449. The van der Waals surface area contributed by atoms with Crippen LogP contribution in [0.15, 0.2) is 24.3 Å². The van der Waals surface area contributed by atoms with Crippen LogP contribution in [-0.2, 0) is 4.79 Å². The van der Waals surface area contributed by atoms with Gasteiger partial charge in [0.2, 0.25) is 5.91 Å². The Balaban J connectivity index is 1.59. The number of ether oxygens (including phenoxy) is 1. The van der Waals surface area contributed by atoms with E-state index in [1.807, 2.05) is 38.1 Å². The lowest BCUT2D eigenvalue weighted by molar-refractivity contribution is -0.124. The van der Waals surface area contributed by atoms with Crippen molar-refractivity contribution < 1.29 is 14.3 Å². The molecule has 0 saturated heterocycles. The zero-order chi connectivity index (χ0) is 15.5. The van der Waals surface area contributed by atoms with Crippen molar-refractivity contribution in [2.75, 3.05) is 0 Å². The number of hydrogen-bond acceptors (Lipinski definition) is 3. The van der Waals surface area contributed by atoms with Gasteiger partial charge in [-0.2, -0.15) is 0 Å². The number of ketones is 1. The SMILES string of the molecule is CC(C)NC(=O)[C@@H]1[C@@H]2CC[C@@]3(CC(=O)c4ccccc4O3)[C@H]21. The van der Waals surface area contributed by atoms with Crippen LogP contribution >= 0.6 is 0 Å². The van der Waals surface area contributed by atoms with Crippen LogP contribution in [0.5, 0.6) is 5.75 Å². The van der Waals surface area contributed by atoms with E-state index in [9.17, 15) is 9.59 Å². The summed E-state index contributed by atoms with van der Waals surface area (Å²) in [6, 6.07) is 7.61. The van der Waals surface area contributed by atoms with Gasteiger partial charge >= 0.3 is 0 Å². The fraction of sp³-hybridized carbons (Fsp3) is 0.556. The average molecular weight is 299 g/mol. The van der Waals surface area contributed by atoms with E-state index in [0.717, 1.165) is 12.8 Å². The van der Waals surface area contributed by atoms with Gasteiger partial charge in [-0.15, -0.1) is 0 Å². The Morgan fingerprint density at radius 3 is 2.91 bits per heavy atom. The molecular formula is C18H21NO3. The molecule has 1 spiro atoms. The molecule has 2 aliphatic carbocycles. The number of para-hydroxylation sites is 1. The molecule has 1 aromatic rings. The highest BCUT2D eigenvalue weighted by Gasteiger charge is 2.70. The summed E-state index contributed by atoms with van der Waals surface area (Å²) < 4.78 is 6.29. The first-order chi connectivity index (χ1) is 10.5. The van der Waals surface area contributed by atoms with Crippen molar-refractivity contribution in [3.05, 3.63) is 29.8 Å². The van der Waals surface area contributed by atoms with E-state index in [1.54, 1.807) is 0 Å². The molecule has 0 unspecified atom stereocenters. The van der Waals surface area contributed by atoms with E-state index >= 15 is 0 Å². The number of nitrogens with one attached hydrogen (secondary N) is 1. The summed E-state index contributed by atoms with van der Waals surface area (Å²) in [5, 5.41) is 3.01. The van der Waals surface area contributed by atoms with Gasteiger partial charge in [0.05, 0.1) is 12.0 Å². The highest BCUT2D eigenvalue weighted by Crippen LogP contribution is 2.65. The third-order valence-corrected chi connectivity index (χ3v) is 5.37. The third-order valence-electron chi connectivity index (χ3n) is 5.37. The first kappa shape index (κ1) is 13.8.